The minimum Gasteiger partial charge on any atom is -0.0885 e. The lowest BCUT2D eigenvalue weighted by Crippen LogP contribution is -2.19. The molecule has 0 nitrogen and oxygen atoms in total. The van der Waals surface area contributed by atoms with Crippen LogP contribution in [0.1, 0.15) is 52.9 Å². The van der Waals surface area contributed by atoms with Crippen molar-refractivity contribution in [1.29, 1.82) is 0 Å². The van der Waals surface area contributed by atoms with Crippen molar-refractivity contribution in [2.24, 2.45) is 17.8 Å². The van der Waals surface area contributed by atoms with Gasteiger partial charge in [0.1, 0.15) is 0 Å². The minimum absolute atomic E-state index is 0.748. The van der Waals surface area contributed by atoms with E-state index in [0.717, 1.165) is 22.6 Å². The molecule has 1 aliphatic rings. The SMILES string of the molecule is CC1CCCC(C(Br)C(C)C)CC1. The summed E-state index contributed by atoms with van der Waals surface area (Å²) in [4.78, 5) is 0.748. The van der Waals surface area contributed by atoms with Crippen molar-refractivity contribution in [3.05, 3.63) is 0 Å². The Labute approximate surface area is 91.6 Å². The molecule has 78 valence electrons. The van der Waals surface area contributed by atoms with Gasteiger partial charge in [0.25, 0.3) is 0 Å². The van der Waals surface area contributed by atoms with E-state index >= 15 is 0 Å². The van der Waals surface area contributed by atoms with Crippen molar-refractivity contribution in [2.75, 3.05) is 0 Å². The lowest BCUT2D eigenvalue weighted by Gasteiger charge is -2.24. The van der Waals surface area contributed by atoms with E-state index in [4.69, 9.17) is 0 Å². The second kappa shape index (κ2) is 5.38. The number of hydrogen-bond acceptors (Lipinski definition) is 0. The van der Waals surface area contributed by atoms with Gasteiger partial charge in [0.15, 0.2) is 0 Å². The Morgan fingerprint density at radius 3 is 2.38 bits per heavy atom. The van der Waals surface area contributed by atoms with E-state index < -0.39 is 0 Å². The Bertz CT molecular complexity index is 142. The number of halogens is 1. The van der Waals surface area contributed by atoms with Crippen LogP contribution >= 0.6 is 15.9 Å². The molecule has 0 heterocycles. The second-order valence-corrected chi connectivity index (χ2v) is 6.12. The van der Waals surface area contributed by atoms with Gasteiger partial charge in [-0.1, -0.05) is 56.0 Å². The van der Waals surface area contributed by atoms with Crippen molar-refractivity contribution in [1.82, 2.24) is 0 Å². The van der Waals surface area contributed by atoms with Crippen molar-refractivity contribution in [3.63, 3.8) is 0 Å². The normalized spacial score (nSPS) is 33.0. The zero-order chi connectivity index (χ0) is 9.84. The zero-order valence-corrected chi connectivity index (χ0v) is 10.8. The molecule has 1 saturated carbocycles. The summed E-state index contributed by atoms with van der Waals surface area (Å²) in [5, 5.41) is 0. The van der Waals surface area contributed by atoms with E-state index in [1.54, 1.807) is 0 Å². The molecule has 0 bridgehead atoms. The van der Waals surface area contributed by atoms with Crippen LogP contribution in [0.4, 0.5) is 0 Å². The smallest absolute Gasteiger partial charge is 0.0197 e. The van der Waals surface area contributed by atoms with E-state index in [9.17, 15) is 0 Å². The first-order valence-corrected chi connectivity index (χ1v) is 6.67. The van der Waals surface area contributed by atoms with Gasteiger partial charge in [-0.2, -0.15) is 0 Å². The molecule has 0 aliphatic heterocycles. The highest BCUT2D eigenvalue weighted by molar-refractivity contribution is 9.09. The van der Waals surface area contributed by atoms with E-state index in [0.29, 0.717) is 0 Å². The highest BCUT2D eigenvalue weighted by Gasteiger charge is 2.24. The van der Waals surface area contributed by atoms with Crippen LogP contribution in [0.5, 0.6) is 0 Å². The lowest BCUT2D eigenvalue weighted by atomic mass is 9.90. The van der Waals surface area contributed by atoms with Crippen molar-refractivity contribution < 1.29 is 0 Å². The first-order valence-electron chi connectivity index (χ1n) is 5.75. The monoisotopic (exact) mass is 246 g/mol. The molecule has 0 saturated heterocycles. The Kier molecular flexibility index (Phi) is 4.78. The first kappa shape index (κ1) is 11.6. The average Bonchev–Trinajstić information content (AvgIpc) is 2.28. The number of rotatable bonds is 2. The predicted octanol–water partition coefficient (Wildman–Crippen LogP) is 4.62. The van der Waals surface area contributed by atoms with Gasteiger partial charge in [-0.3, -0.25) is 0 Å². The van der Waals surface area contributed by atoms with E-state index in [1.165, 1.54) is 32.1 Å². The van der Waals surface area contributed by atoms with Crippen LogP contribution < -0.4 is 0 Å². The maximum atomic E-state index is 3.86. The third-order valence-corrected chi connectivity index (χ3v) is 5.19. The second-order valence-electron chi connectivity index (χ2n) is 5.06. The third-order valence-electron chi connectivity index (χ3n) is 3.39. The van der Waals surface area contributed by atoms with Crippen LogP contribution in [0.15, 0.2) is 0 Å². The highest BCUT2D eigenvalue weighted by Crippen LogP contribution is 2.34. The molecule has 1 aliphatic carbocycles. The molecule has 1 heteroatoms. The lowest BCUT2D eigenvalue weighted by molar-refractivity contribution is 0.384. The molecular weight excluding hydrogens is 224 g/mol. The van der Waals surface area contributed by atoms with Crippen LogP contribution in [0.3, 0.4) is 0 Å². The van der Waals surface area contributed by atoms with Crippen LogP contribution in [-0.4, -0.2) is 4.83 Å². The summed E-state index contributed by atoms with van der Waals surface area (Å²) in [6, 6.07) is 0. The fourth-order valence-corrected chi connectivity index (χ4v) is 2.91. The largest absolute Gasteiger partial charge is 0.0885 e. The number of alkyl halides is 1. The van der Waals surface area contributed by atoms with Crippen LogP contribution in [0, 0.1) is 17.8 Å². The number of hydrogen-bond donors (Lipinski definition) is 0. The van der Waals surface area contributed by atoms with E-state index in [-0.39, 0.29) is 0 Å². The molecule has 3 atom stereocenters. The van der Waals surface area contributed by atoms with Crippen molar-refractivity contribution in [2.45, 2.75) is 57.7 Å². The predicted molar refractivity (Wildman–Crippen MR) is 63.3 cm³/mol. The van der Waals surface area contributed by atoms with Gasteiger partial charge in [0.2, 0.25) is 0 Å². The molecule has 0 aromatic rings. The van der Waals surface area contributed by atoms with Crippen molar-refractivity contribution >= 4 is 15.9 Å². The third kappa shape index (κ3) is 3.61. The van der Waals surface area contributed by atoms with Gasteiger partial charge in [0, 0.05) is 4.83 Å². The maximum Gasteiger partial charge on any atom is 0.0197 e. The Balaban J connectivity index is 2.41. The summed E-state index contributed by atoms with van der Waals surface area (Å²) in [7, 11) is 0. The molecule has 0 aromatic heterocycles. The highest BCUT2D eigenvalue weighted by atomic mass is 79.9. The standard InChI is InChI=1S/C12H23Br/c1-9(2)12(13)11-6-4-5-10(3)7-8-11/h9-12H,4-8H2,1-3H3. The van der Waals surface area contributed by atoms with Crippen LogP contribution in [0.2, 0.25) is 0 Å². The molecular formula is C12H23Br. The average molecular weight is 247 g/mol. The molecule has 0 spiro atoms. The van der Waals surface area contributed by atoms with Gasteiger partial charge in [-0.25, -0.2) is 0 Å². The zero-order valence-electron chi connectivity index (χ0n) is 9.22. The summed E-state index contributed by atoms with van der Waals surface area (Å²) in [6.45, 7) is 7.06. The molecule has 0 N–H and O–H groups in total. The topological polar surface area (TPSA) is 0 Å². The first-order chi connectivity index (χ1) is 6.11. The quantitative estimate of drug-likeness (QED) is 0.493. The molecule has 1 fully saturated rings. The van der Waals surface area contributed by atoms with E-state index in [2.05, 4.69) is 36.7 Å². The Morgan fingerprint density at radius 1 is 1.08 bits per heavy atom. The fourth-order valence-electron chi connectivity index (χ4n) is 2.38. The van der Waals surface area contributed by atoms with Gasteiger partial charge in [-0.15, -0.1) is 0 Å². The molecule has 0 aromatic carbocycles. The van der Waals surface area contributed by atoms with Crippen LogP contribution in [0.25, 0.3) is 0 Å². The molecule has 0 amide bonds. The molecule has 13 heavy (non-hydrogen) atoms. The van der Waals surface area contributed by atoms with E-state index in [1.807, 2.05) is 0 Å². The summed E-state index contributed by atoms with van der Waals surface area (Å²) in [6.07, 6.45) is 7.22. The summed E-state index contributed by atoms with van der Waals surface area (Å²) >= 11 is 3.86. The van der Waals surface area contributed by atoms with Crippen LogP contribution in [-0.2, 0) is 0 Å². The molecule has 3 unspecified atom stereocenters. The fraction of sp³-hybridized carbons (Fsp3) is 1.00. The van der Waals surface area contributed by atoms with Gasteiger partial charge in [-0.05, 0) is 30.6 Å². The summed E-state index contributed by atoms with van der Waals surface area (Å²) in [5.74, 6) is 2.69. The van der Waals surface area contributed by atoms with Gasteiger partial charge >= 0.3 is 0 Å². The summed E-state index contributed by atoms with van der Waals surface area (Å²) < 4.78 is 0. The molecule has 0 radical (unpaired) electrons. The van der Waals surface area contributed by atoms with Gasteiger partial charge in [0.05, 0.1) is 0 Å². The van der Waals surface area contributed by atoms with Gasteiger partial charge < -0.3 is 0 Å². The Hall–Kier alpha value is 0.480. The summed E-state index contributed by atoms with van der Waals surface area (Å²) in [5.41, 5.74) is 0. The molecule has 1 rings (SSSR count). The maximum absolute atomic E-state index is 3.86. The van der Waals surface area contributed by atoms with Crippen molar-refractivity contribution in [3.8, 4) is 0 Å². The minimum atomic E-state index is 0.748. The Morgan fingerprint density at radius 2 is 1.77 bits per heavy atom.